The Morgan fingerprint density at radius 2 is 1.85 bits per heavy atom. The molecular formula is C18H18N4O5. The molecule has 3 aliphatic rings. The highest BCUT2D eigenvalue weighted by Gasteiger charge is 2.58. The van der Waals surface area contributed by atoms with Gasteiger partial charge in [0.25, 0.3) is 11.6 Å². The van der Waals surface area contributed by atoms with E-state index < -0.39 is 10.8 Å². The van der Waals surface area contributed by atoms with E-state index in [0.29, 0.717) is 5.69 Å². The summed E-state index contributed by atoms with van der Waals surface area (Å²) >= 11 is 0. The zero-order valence-electron chi connectivity index (χ0n) is 14.3. The highest BCUT2D eigenvalue weighted by atomic mass is 16.6. The number of hydrogen-bond donors (Lipinski definition) is 2. The number of amides is 3. The Labute approximate surface area is 154 Å². The van der Waals surface area contributed by atoms with Crippen molar-refractivity contribution in [3.8, 4) is 0 Å². The number of likely N-dealkylation sites (tertiary alicyclic amines) is 1. The van der Waals surface area contributed by atoms with Crippen LogP contribution in [-0.4, -0.2) is 40.6 Å². The number of fused-ring (bicyclic) bond motifs is 5. The maximum absolute atomic E-state index is 12.6. The van der Waals surface area contributed by atoms with E-state index in [4.69, 9.17) is 5.73 Å². The lowest BCUT2D eigenvalue weighted by Crippen LogP contribution is -2.36. The van der Waals surface area contributed by atoms with Gasteiger partial charge in [0.15, 0.2) is 0 Å². The van der Waals surface area contributed by atoms with E-state index in [-0.39, 0.29) is 59.8 Å². The minimum absolute atomic E-state index is 0.0117. The van der Waals surface area contributed by atoms with Crippen molar-refractivity contribution in [3.05, 3.63) is 46.0 Å². The summed E-state index contributed by atoms with van der Waals surface area (Å²) in [5, 5.41) is 13.8. The van der Waals surface area contributed by atoms with E-state index in [1.807, 2.05) is 12.2 Å². The monoisotopic (exact) mass is 370 g/mol. The highest BCUT2D eigenvalue weighted by molar-refractivity contribution is 6.06. The average molecular weight is 370 g/mol. The lowest BCUT2D eigenvalue weighted by molar-refractivity contribution is -0.384. The molecule has 9 heteroatoms. The van der Waals surface area contributed by atoms with Crippen molar-refractivity contribution < 1.29 is 19.3 Å². The molecule has 1 aliphatic heterocycles. The lowest BCUT2D eigenvalue weighted by Gasteiger charge is -2.18. The normalized spacial score (nSPS) is 27.9. The molecule has 27 heavy (non-hydrogen) atoms. The largest absolute Gasteiger partial charge is 0.383 e. The summed E-state index contributed by atoms with van der Waals surface area (Å²) in [6, 6.07) is 3.75. The van der Waals surface area contributed by atoms with Crippen molar-refractivity contribution >= 4 is 29.1 Å². The number of rotatable bonds is 6. The van der Waals surface area contributed by atoms with Gasteiger partial charge >= 0.3 is 0 Å². The molecule has 3 amide bonds. The summed E-state index contributed by atoms with van der Waals surface area (Å²) in [5.41, 5.74) is 5.37. The van der Waals surface area contributed by atoms with Crippen LogP contribution in [0.1, 0.15) is 16.8 Å². The van der Waals surface area contributed by atoms with E-state index in [9.17, 15) is 24.5 Å². The number of nitrogens with zero attached hydrogens (tertiary/aromatic N) is 2. The Kier molecular flexibility index (Phi) is 3.94. The maximum Gasteiger partial charge on any atom is 0.270 e. The van der Waals surface area contributed by atoms with Crippen LogP contribution in [0.15, 0.2) is 30.4 Å². The number of imide groups is 1. The molecule has 3 N–H and O–H groups in total. The van der Waals surface area contributed by atoms with Crippen LogP contribution in [0.5, 0.6) is 0 Å². The van der Waals surface area contributed by atoms with Gasteiger partial charge in [0.1, 0.15) is 0 Å². The molecule has 9 nitrogen and oxygen atoms in total. The van der Waals surface area contributed by atoms with E-state index in [2.05, 4.69) is 5.32 Å². The molecule has 140 valence electrons. The first-order valence-electron chi connectivity index (χ1n) is 8.74. The fourth-order valence-electron chi connectivity index (χ4n) is 4.49. The van der Waals surface area contributed by atoms with Crippen molar-refractivity contribution in [1.82, 2.24) is 4.90 Å². The van der Waals surface area contributed by atoms with Gasteiger partial charge in [-0.05, 0) is 24.3 Å². The number of allylic oxidation sites excluding steroid dienone is 2. The molecule has 1 saturated heterocycles. The first kappa shape index (κ1) is 17.2. The van der Waals surface area contributed by atoms with E-state index in [1.54, 1.807) is 0 Å². The average Bonchev–Trinajstić information content (AvgIpc) is 3.31. The number of nitrogens with two attached hydrogens (primary N) is 1. The molecule has 0 unspecified atom stereocenters. The molecule has 1 heterocycles. The quantitative estimate of drug-likeness (QED) is 0.331. The Morgan fingerprint density at radius 3 is 2.41 bits per heavy atom. The second-order valence-electron chi connectivity index (χ2n) is 7.11. The van der Waals surface area contributed by atoms with Gasteiger partial charge in [-0.25, -0.2) is 0 Å². The smallest absolute Gasteiger partial charge is 0.270 e. The highest BCUT2D eigenvalue weighted by Crippen LogP contribution is 2.52. The minimum Gasteiger partial charge on any atom is -0.383 e. The lowest BCUT2D eigenvalue weighted by atomic mass is 9.85. The molecule has 2 bridgehead atoms. The van der Waals surface area contributed by atoms with Crippen molar-refractivity contribution in [1.29, 1.82) is 0 Å². The second-order valence-corrected chi connectivity index (χ2v) is 7.11. The molecule has 1 aromatic rings. The number of carbonyl (C=O) groups excluding carboxylic acids is 3. The van der Waals surface area contributed by atoms with Gasteiger partial charge in [-0.1, -0.05) is 12.2 Å². The number of primary amides is 1. The van der Waals surface area contributed by atoms with Gasteiger partial charge in [-0.2, -0.15) is 0 Å². The van der Waals surface area contributed by atoms with Crippen LogP contribution in [0.2, 0.25) is 0 Å². The number of benzene rings is 1. The van der Waals surface area contributed by atoms with Crippen molar-refractivity contribution in [2.45, 2.75) is 6.42 Å². The van der Waals surface area contributed by atoms with Crippen LogP contribution in [0.3, 0.4) is 0 Å². The Bertz CT molecular complexity index is 866. The van der Waals surface area contributed by atoms with Crippen LogP contribution in [0, 0.1) is 33.8 Å². The van der Waals surface area contributed by atoms with Gasteiger partial charge in [0, 0.05) is 30.9 Å². The van der Waals surface area contributed by atoms with Crippen LogP contribution in [-0.2, 0) is 9.59 Å². The Balaban J connectivity index is 1.44. The zero-order valence-corrected chi connectivity index (χ0v) is 14.3. The van der Waals surface area contributed by atoms with Crippen LogP contribution < -0.4 is 11.1 Å². The predicted octanol–water partition coefficient (Wildman–Crippen LogP) is 0.913. The first-order valence-corrected chi connectivity index (χ1v) is 8.74. The van der Waals surface area contributed by atoms with Gasteiger partial charge in [0.2, 0.25) is 11.8 Å². The summed E-state index contributed by atoms with van der Waals surface area (Å²) in [6.45, 7) is 0.386. The Hall–Kier alpha value is -3.23. The zero-order chi connectivity index (χ0) is 19.3. The molecule has 1 saturated carbocycles. The topological polar surface area (TPSA) is 136 Å². The number of nitrogens with one attached hydrogen (secondary N) is 1. The molecule has 2 aliphatic carbocycles. The van der Waals surface area contributed by atoms with Crippen molar-refractivity contribution in [3.63, 3.8) is 0 Å². The van der Waals surface area contributed by atoms with Crippen molar-refractivity contribution in [2.24, 2.45) is 29.4 Å². The third-order valence-corrected chi connectivity index (χ3v) is 5.69. The number of nitro groups is 1. The molecule has 0 spiro atoms. The first-order chi connectivity index (χ1) is 12.9. The number of hydrogen-bond acceptors (Lipinski definition) is 6. The number of nitro benzene ring substituents is 1. The van der Waals surface area contributed by atoms with Crippen LogP contribution in [0.4, 0.5) is 11.4 Å². The predicted molar refractivity (Wildman–Crippen MR) is 94.5 cm³/mol. The third kappa shape index (κ3) is 2.66. The Morgan fingerprint density at radius 1 is 1.22 bits per heavy atom. The van der Waals surface area contributed by atoms with E-state index in [1.165, 1.54) is 17.0 Å². The molecule has 4 rings (SSSR count). The van der Waals surface area contributed by atoms with Gasteiger partial charge < -0.3 is 11.1 Å². The van der Waals surface area contributed by atoms with E-state index in [0.717, 1.165) is 12.5 Å². The number of non-ortho nitro benzene ring substituents is 1. The molecule has 0 aromatic heterocycles. The van der Waals surface area contributed by atoms with Crippen molar-refractivity contribution in [2.75, 3.05) is 18.4 Å². The minimum atomic E-state index is -0.799. The summed E-state index contributed by atoms with van der Waals surface area (Å²) in [6.07, 6.45) is 4.95. The molecule has 2 fully saturated rings. The summed E-state index contributed by atoms with van der Waals surface area (Å²) in [5.74, 6) is -1.24. The van der Waals surface area contributed by atoms with Gasteiger partial charge in [0.05, 0.1) is 22.3 Å². The van der Waals surface area contributed by atoms with Gasteiger partial charge in [-0.15, -0.1) is 0 Å². The van der Waals surface area contributed by atoms with Crippen LogP contribution in [0.25, 0.3) is 0 Å². The van der Waals surface area contributed by atoms with Gasteiger partial charge in [-0.3, -0.25) is 29.4 Å². The maximum atomic E-state index is 12.6. The summed E-state index contributed by atoms with van der Waals surface area (Å²) in [4.78, 5) is 48.3. The van der Waals surface area contributed by atoms with E-state index >= 15 is 0 Å². The molecule has 0 radical (unpaired) electrons. The fraction of sp³-hybridized carbons (Fsp3) is 0.389. The molecule has 4 atom stereocenters. The molecule has 1 aromatic carbocycles. The van der Waals surface area contributed by atoms with Crippen LogP contribution >= 0.6 is 0 Å². The third-order valence-electron chi connectivity index (χ3n) is 5.69. The number of anilines is 1. The fourth-order valence-corrected chi connectivity index (χ4v) is 4.49. The number of carbonyl (C=O) groups is 3. The molecular weight excluding hydrogens is 352 g/mol. The second kappa shape index (κ2) is 6.19. The SMILES string of the molecule is NC(=O)c1cc([N+](=O)[O-])ccc1NCCN1C(=O)[C@@H]2[C@H](C1=O)[C@H]1C=C[C@H]2C1. The summed E-state index contributed by atoms with van der Waals surface area (Å²) in [7, 11) is 0. The standard InChI is InChI=1S/C18H18N4O5/c19-16(23)12-8-11(22(26)27)3-4-13(12)20-5-6-21-17(24)14-9-1-2-10(7-9)15(14)18(21)25/h1-4,8-10,14-15,20H,5-7H2,(H2,19,23)/t9-,10-,14-,15+/m0/s1. The summed E-state index contributed by atoms with van der Waals surface area (Å²) < 4.78 is 0.